The van der Waals surface area contributed by atoms with Gasteiger partial charge in [-0.1, -0.05) is 0 Å². The van der Waals surface area contributed by atoms with Crippen LogP contribution >= 0.6 is 23.5 Å². The molecule has 3 aliphatic rings. The molecule has 2 spiro atoms. The molecule has 0 unspecified atom stereocenters. The van der Waals surface area contributed by atoms with Crippen molar-refractivity contribution in [2.45, 2.75) is 54.4 Å². The summed E-state index contributed by atoms with van der Waals surface area (Å²) in [4.78, 5) is 12.3. The zero-order valence-electron chi connectivity index (χ0n) is 9.09. The molecule has 3 fully saturated rings. The first-order chi connectivity index (χ1) is 7.29. The van der Waals surface area contributed by atoms with Crippen LogP contribution in [0.3, 0.4) is 0 Å². The normalized spacial score (nSPS) is 45.7. The summed E-state index contributed by atoms with van der Waals surface area (Å²) in [6, 6.07) is 0. The van der Waals surface area contributed by atoms with Crippen LogP contribution in [-0.4, -0.2) is 26.8 Å². The van der Waals surface area contributed by atoms with Gasteiger partial charge in [-0.2, -0.15) is 11.8 Å². The molecule has 0 aromatic carbocycles. The number of carbonyl (C=O) groups is 1. The number of fused-ring (bicyclic) bond motifs is 1. The molecule has 15 heavy (non-hydrogen) atoms. The molecule has 0 amide bonds. The third kappa shape index (κ3) is 1.35. The highest BCUT2D eigenvalue weighted by Crippen LogP contribution is 2.61. The fourth-order valence-corrected chi connectivity index (χ4v) is 7.34. The zero-order valence-corrected chi connectivity index (χ0v) is 10.7. The predicted molar refractivity (Wildman–Crippen MR) is 67.7 cm³/mol. The Morgan fingerprint density at radius 1 is 0.933 bits per heavy atom. The van der Waals surface area contributed by atoms with E-state index in [9.17, 15) is 4.79 Å². The highest BCUT2D eigenvalue weighted by atomic mass is 32.2. The molecule has 2 atom stereocenters. The zero-order chi connectivity index (χ0) is 10.4. The molecular weight excluding hydrogens is 224 g/mol. The average Bonchev–Trinajstić information content (AvgIpc) is 2.84. The fourth-order valence-electron chi connectivity index (χ4n) is 3.62. The first-order valence-electron chi connectivity index (χ1n) is 6.10. The van der Waals surface area contributed by atoms with Crippen molar-refractivity contribution in [2.75, 3.05) is 11.5 Å². The Labute approximate surface area is 100 Å². The number of Topliss-reactive ketones (excluding diaryl/α,β-unsaturated/α-hetero) is 1. The molecule has 0 aromatic rings. The molecule has 0 bridgehead atoms. The van der Waals surface area contributed by atoms with E-state index in [0.29, 0.717) is 10.5 Å². The molecule has 84 valence electrons. The molecule has 3 rings (SSSR count). The quantitative estimate of drug-likeness (QED) is 0.649. The van der Waals surface area contributed by atoms with Gasteiger partial charge in [-0.25, -0.2) is 0 Å². The molecule has 1 nitrogen and oxygen atoms in total. The highest BCUT2D eigenvalue weighted by Gasteiger charge is 2.60. The second kappa shape index (κ2) is 3.69. The minimum absolute atomic E-state index is 0.0480. The molecule has 3 heteroatoms. The third-order valence-corrected chi connectivity index (χ3v) is 8.04. The van der Waals surface area contributed by atoms with Gasteiger partial charge >= 0.3 is 0 Å². The molecule has 2 heterocycles. The Kier molecular flexibility index (Phi) is 2.59. The van der Waals surface area contributed by atoms with E-state index in [2.05, 4.69) is 11.8 Å². The van der Waals surface area contributed by atoms with Crippen LogP contribution in [0.15, 0.2) is 0 Å². The highest BCUT2D eigenvalue weighted by molar-refractivity contribution is 8.05. The lowest BCUT2D eigenvalue weighted by atomic mass is 9.73. The van der Waals surface area contributed by atoms with Gasteiger partial charge in [0.25, 0.3) is 0 Å². The van der Waals surface area contributed by atoms with Gasteiger partial charge in [-0.15, -0.1) is 11.8 Å². The summed E-state index contributed by atoms with van der Waals surface area (Å²) in [6.07, 6.45) is 8.37. The fraction of sp³-hybridized carbons (Fsp3) is 0.917. The van der Waals surface area contributed by atoms with Gasteiger partial charge < -0.3 is 0 Å². The van der Waals surface area contributed by atoms with Crippen molar-refractivity contribution in [3.63, 3.8) is 0 Å². The molecule has 1 aliphatic carbocycles. The number of ketones is 1. The van der Waals surface area contributed by atoms with Gasteiger partial charge in [0.05, 0.1) is 4.75 Å². The Bertz CT molecular complexity index is 275. The third-order valence-electron chi connectivity index (χ3n) is 4.30. The van der Waals surface area contributed by atoms with Gasteiger partial charge in [0.1, 0.15) is 5.78 Å². The second-order valence-electron chi connectivity index (χ2n) is 5.00. The molecule has 0 radical (unpaired) electrons. The van der Waals surface area contributed by atoms with Crippen molar-refractivity contribution in [2.24, 2.45) is 0 Å². The van der Waals surface area contributed by atoms with Crippen molar-refractivity contribution in [1.29, 1.82) is 0 Å². The minimum Gasteiger partial charge on any atom is -0.298 e. The topological polar surface area (TPSA) is 17.1 Å². The lowest BCUT2D eigenvalue weighted by Crippen LogP contribution is -2.54. The van der Waals surface area contributed by atoms with Crippen molar-refractivity contribution < 1.29 is 4.79 Å². The van der Waals surface area contributed by atoms with Gasteiger partial charge in [0, 0.05) is 11.2 Å². The maximum absolute atomic E-state index is 12.3. The average molecular weight is 242 g/mol. The SMILES string of the molecule is O=C1CCC[C@]2(CCCS2)[C@@]12CCCS2. The summed E-state index contributed by atoms with van der Waals surface area (Å²) >= 11 is 4.12. The van der Waals surface area contributed by atoms with E-state index in [-0.39, 0.29) is 4.75 Å². The summed E-state index contributed by atoms with van der Waals surface area (Å²) in [5.41, 5.74) is 0. The molecule has 0 aromatic heterocycles. The summed E-state index contributed by atoms with van der Waals surface area (Å²) in [5.74, 6) is 3.09. The molecular formula is C12H18OS2. The van der Waals surface area contributed by atoms with Crippen molar-refractivity contribution in [3.05, 3.63) is 0 Å². The number of thioether (sulfide) groups is 2. The van der Waals surface area contributed by atoms with Gasteiger partial charge in [0.15, 0.2) is 0 Å². The molecule has 2 aliphatic heterocycles. The van der Waals surface area contributed by atoms with Gasteiger partial charge in [0.2, 0.25) is 0 Å². The smallest absolute Gasteiger partial charge is 0.150 e. The minimum atomic E-state index is 0.0480. The van der Waals surface area contributed by atoms with Crippen LogP contribution in [0.25, 0.3) is 0 Å². The van der Waals surface area contributed by atoms with E-state index in [1.54, 1.807) is 0 Å². The van der Waals surface area contributed by atoms with Crippen LogP contribution in [0.2, 0.25) is 0 Å². The standard InChI is InChI=1S/C12H18OS2/c13-10-4-1-5-11(6-2-8-14-11)12(10)7-3-9-15-12/h1-9H2/t11-,12+/m0/s1. The number of carbonyl (C=O) groups excluding carboxylic acids is 1. The lowest BCUT2D eigenvalue weighted by Gasteiger charge is -2.47. The Morgan fingerprint density at radius 3 is 2.33 bits per heavy atom. The van der Waals surface area contributed by atoms with E-state index in [0.717, 1.165) is 12.8 Å². The second-order valence-corrected chi connectivity index (χ2v) is 7.87. The summed E-state index contributed by atoms with van der Waals surface area (Å²) in [6.45, 7) is 0. The van der Waals surface area contributed by atoms with Crippen LogP contribution < -0.4 is 0 Å². The predicted octanol–water partition coefficient (Wildman–Crippen LogP) is 3.27. The van der Waals surface area contributed by atoms with Crippen LogP contribution in [0.4, 0.5) is 0 Å². The number of hydrogen-bond donors (Lipinski definition) is 0. The maximum atomic E-state index is 12.3. The Morgan fingerprint density at radius 2 is 1.67 bits per heavy atom. The van der Waals surface area contributed by atoms with Crippen LogP contribution in [0.5, 0.6) is 0 Å². The summed E-state index contributed by atoms with van der Waals surface area (Å²) < 4.78 is 0.399. The van der Waals surface area contributed by atoms with Crippen molar-refractivity contribution >= 4 is 29.3 Å². The van der Waals surface area contributed by atoms with Crippen molar-refractivity contribution in [1.82, 2.24) is 0 Å². The van der Waals surface area contributed by atoms with Crippen LogP contribution in [0, 0.1) is 0 Å². The lowest BCUT2D eigenvalue weighted by molar-refractivity contribution is -0.123. The number of hydrogen-bond acceptors (Lipinski definition) is 3. The Balaban J connectivity index is 2.00. The van der Waals surface area contributed by atoms with Gasteiger partial charge in [-0.3, -0.25) is 4.79 Å². The van der Waals surface area contributed by atoms with Crippen LogP contribution in [-0.2, 0) is 4.79 Å². The van der Waals surface area contributed by atoms with E-state index in [1.165, 1.54) is 43.6 Å². The van der Waals surface area contributed by atoms with E-state index >= 15 is 0 Å². The largest absolute Gasteiger partial charge is 0.298 e. The summed E-state index contributed by atoms with van der Waals surface area (Å²) in [5, 5.41) is 0. The van der Waals surface area contributed by atoms with E-state index in [1.807, 2.05) is 11.8 Å². The van der Waals surface area contributed by atoms with E-state index in [4.69, 9.17) is 0 Å². The summed E-state index contributed by atoms with van der Waals surface area (Å²) in [7, 11) is 0. The molecule has 0 N–H and O–H groups in total. The number of rotatable bonds is 0. The molecule has 2 saturated heterocycles. The van der Waals surface area contributed by atoms with E-state index < -0.39 is 0 Å². The molecule has 1 saturated carbocycles. The monoisotopic (exact) mass is 242 g/mol. The Hall–Kier alpha value is 0.370. The van der Waals surface area contributed by atoms with Gasteiger partial charge in [-0.05, 0) is 50.0 Å². The first kappa shape index (κ1) is 10.5. The van der Waals surface area contributed by atoms with Crippen molar-refractivity contribution in [3.8, 4) is 0 Å². The van der Waals surface area contributed by atoms with Crippen LogP contribution in [0.1, 0.15) is 44.9 Å². The first-order valence-corrected chi connectivity index (χ1v) is 8.08. The maximum Gasteiger partial charge on any atom is 0.150 e.